The summed E-state index contributed by atoms with van der Waals surface area (Å²) in [6.45, 7) is 2.96. The van der Waals surface area contributed by atoms with Gasteiger partial charge < -0.3 is 4.74 Å². The van der Waals surface area contributed by atoms with Crippen molar-refractivity contribution in [1.29, 1.82) is 0 Å². The van der Waals surface area contributed by atoms with Crippen molar-refractivity contribution in [1.82, 2.24) is 10.2 Å². The van der Waals surface area contributed by atoms with Crippen molar-refractivity contribution in [3.63, 3.8) is 0 Å². The molecular weight excluding hydrogens is 236 g/mol. The summed E-state index contributed by atoms with van der Waals surface area (Å²) in [6, 6.07) is -0.577. The lowest BCUT2D eigenvalue weighted by Crippen LogP contribution is -2.66. The molecule has 0 aromatic carbocycles. The van der Waals surface area contributed by atoms with Gasteiger partial charge in [-0.05, 0) is 32.6 Å². The SMILES string of the molecule is CC1(N2C(=O)NC(=O)C3(CC3)C2=O)CCOCC1. The quantitative estimate of drug-likeness (QED) is 0.686. The summed E-state index contributed by atoms with van der Waals surface area (Å²) in [4.78, 5) is 37.4. The third-order valence-corrected chi connectivity index (χ3v) is 4.33. The summed E-state index contributed by atoms with van der Waals surface area (Å²) >= 11 is 0. The van der Waals surface area contributed by atoms with Crippen molar-refractivity contribution in [2.75, 3.05) is 13.2 Å². The molecule has 6 heteroatoms. The van der Waals surface area contributed by atoms with Gasteiger partial charge in [0.25, 0.3) is 0 Å². The normalized spacial score (nSPS) is 29.4. The van der Waals surface area contributed by atoms with Crippen molar-refractivity contribution in [2.24, 2.45) is 5.41 Å². The lowest BCUT2D eigenvalue weighted by Gasteiger charge is -2.45. The number of hydrogen-bond acceptors (Lipinski definition) is 4. The lowest BCUT2D eigenvalue weighted by atomic mass is 9.87. The van der Waals surface area contributed by atoms with E-state index in [9.17, 15) is 14.4 Å². The molecule has 3 aliphatic rings. The van der Waals surface area contributed by atoms with Gasteiger partial charge in [0.2, 0.25) is 11.8 Å². The van der Waals surface area contributed by atoms with E-state index < -0.39 is 22.9 Å². The number of nitrogens with one attached hydrogen (secondary N) is 1. The summed E-state index contributed by atoms with van der Waals surface area (Å²) in [6.07, 6.45) is 2.34. The Labute approximate surface area is 105 Å². The van der Waals surface area contributed by atoms with Crippen LogP contribution in [0.4, 0.5) is 4.79 Å². The number of carbonyl (C=O) groups is 3. The van der Waals surface area contributed by atoms with Gasteiger partial charge in [-0.25, -0.2) is 4.79 Å². The highest BCUT2D eigenvalue weighted by atomic mass is 16.5. The Balaban J connectivity index is 1.93. The zero-order valence-electron chi connectivity index (χ0n) is 10.3. The molecule has 6 nitrogen and oxygen atoms in total. The first-order valence-electron chi connectivity index (χ1n) is 6.27. The van der Waals surface area contributed by atoms with Crippen molar-refractivity contribution >= 4 is 17.8 Å². The Morgan fingerprint density at radius 2 is 1.72 bits per heavy atom. The first kappa shape index (κ1) is 11.6. The monoisotopic (exact) mass is 252 g/mol. The molecular formula is C12H16N2O4. The van der Waals surface area contributed by atoms with E-state index in [0.29, 0.717) is 38.9 Å². The second-order valence-electron chi connectivity index (χ2n) is 5.59. The molecule has 3 fully saturated rings. The van der Waals surface area contributed by atoms with E-state index in [1.165, 1.54) is 4.90 Å². The average Bonchev–Trinajstić information content (AvgIpc) is 3.08. The van der Waals surface area contributed by atoms with Gasteiger partial charge in [-0.1, -0.05) is 0 Å². The number of rotatable bonds is 1. The van der Waals surface area contributed by atoms with E-state index in [-0.39, 0.29) is 5.91 Å². The van der Waals surface area contributed by atoms with Gasteiger partial charge in [-0.3, -0.25) is 19.8 Å². The maximum absolute atomic E-state index is 12.4. The maximum atomic E-state index is 12.4. The zero-order chi connectivity index (χ0) is 13.0. The minimum Gasteiger partial charge on any atom is -0.381 e. The Morgan fingerprint density at radius 3 is 2.28 bits per heavy atom. The number of amides is 4. The van der Waals surface area contributed by atoms with E-state index in [0.717, 1.165) is 0 Å². The van der Waals surface area contributed by atoms with Crippen molar-refractivity contribution in [3.8, 4) is 0 Å². The van der Waals surface area contributed by atoms with Crippen LogP contribution >= 0.6 is 0 Å². The highest BCUT2D eigenvalue weighted by Crippen LogP contribution is 2.50. The number of urea groups is 1. The van der Waals surface area contributed by atoms with Crippen LogP contribution in [0.1, 0.15) is 32.6 Å². The van der Waals surface area contributed by atoms with Gasteiger partial charge in [0.05, 0.1) is 5.54 Å². The molecule has 2 saturated heterocycles. The van der Waals surface area contributed by atoms with E-state index >= 15 is 0 Å². The van der Waals surface area contributed by atoms with Gasteiger partial charge in [0.1, 0.15) is 5.41 Å². The largest absolute Gasteiger partial charge is 0.381 e. The topological polar surface area (TPSA) is 75.7 Å². The van der Waals surface area contributed by atoms with Gasteiger partial charge in [0, 0.05) is 13.2 Å². The Morgan fingerprint density at radius 1 is 1.11 bits per heavy atom. The first-order chi connectivity index (χ1) is 8.50. The maximum Gasteiger partial charge on any atom is 0.331 e. The molecule has 1 aliphatic carbocycles. The summed E-state index contributed by atoms with van der Waals surface area (Å²) in [7, 11) is 0. The second-order valence-corrected chi connectivity index (χ2v) is 5.59. The van der Waals surface area contributed by atoms with Crippen LogP contribution in [0.5, 0.6) is 0 Å². The summed E-state index contributed by atoms with van der Waals surface area (Å²) in [5.41, 5.74) is -1.48. The summed E-state index contributed by atoms with van der Waals surface area (Å²) in [5, 5.41) is 2.32. The molecule has 1 N–H and O–H groups in total. The van der Waals surface area contributed by atoms with Crippen molar-refractivity contribution in [3.05, 3.63) is 0 Å². The van der Waals surface area contributed by atoms with Gasteiger partial charge in [-0.2, -0.15) is 0 Å². The lowest BCUT2D eigenvalue weighted by molar-refractivity contribution is -0.150. The molecule has 0 aromatic heterocycles. The third-order valence-electron chi connectivity index (χ3n) is 4.33. The van der Waals surface area contributed by atoms with Gasteiger partial charge >= 0.3 is 6.03 Å². The standard InChI is InChI=1S/C12H16N2O4/c1-11(4-6-18-7-5-11)14-9(16)12(2-3-12)8(15)13-10(14)17/h2-7H2,1H3,(H,13,15,17). The number of carbonyl (C=O) groups excluding carboxylic acids is 3. The fraction of sp³-hybridized carbons (Fsp3) is 0.750. The van der Waals surface area contributed by atoms with Crippen LogP contribution in [0.3, 0.4) is 0 Å². The Kier molecular flexibility index (Phi) is 2.29. The first-order valence-corrected chi connectivity index (χ1v) is 6.27. The van der Waals surface area contributed by atoms with Crippen LogP contribution in [0.25, 0.3) is 0 Å². The molecule has 0 atom stereocenters. The van der Waals surface area contributed by atoms with E-state index in [1.54, 1.807) is 0 Å². The van der Waals surface area contributed by atoms with Crippen LogP contribution in [0.15, 0.2) is 0 Å². The molecule has 2 heterocycles. The molecule has 4 amide bonds. The van der Waals surface area contributed by atoms with E-state index in [2.05, 4.69) is 5.32 Å². The number of barbiturate groups is 1. The molecule has 0 bridgehead atoms. The van der Waals surface area contributed by atoms with Gasteiger partial charge in [0.15, 0.2) is 0 Å². The molecule has 1 spiro atoms. The number of hydrogen-bond donors (Lipinski definition) is 1. The number of imide groups is 2. The van der Waals surface area contributed by atoms with Crippen LogP contribution in [-0.2, 0) is 14.3 Å². The fourth-order valence-electron chi connectivity index (χ4n) is 2.77. The molecule has 0 radical (unpaired) electrons. The number of ether oxygens (including phenoxy) is 1. The average molecular weight is 252 g/mol. The molecule has 98 valence electrons. The molecule has 0 unspecified atom stereocenters. The minimum absolute atomic E-state index is 0.319. The minimum atomic E-state index is -0.949. The van der Waals surface area contributed by atoms with E-state index in [1.807, 2.05) is 6.92 Å². The highest BCUT2D eigenvalue weighted by Gasteiger charge is 2.64. The van der Waals surface area contributed by atoms with Crippen LogP contribution < -0.4 is 5.32 Å². The number of nitrogens with zero attached hydrogens (tertiary/aromatic N) is 1. The summed E-state index contributed by atoms with van der Waals surface area (Å²) < 4.78 is 5.28. The van der Waals surface area contributed by atoms with Crippen molar-refractivity contribution in [2.45, 2.75) is 38.1 Å². The third kappa shape index (κ3) is 1.41. The fourth-order valence-corrected chi connectivity index (χ4v) is 2.77. The van der Waals surface area contributed by atoms with Crippen molar-refractivity contribution < 1.29 is 19.1 Å². The van der Waals surface area contributed by atoms with Crippen LogP contribution in [0.2, 0.25) is 0 Å². The van der Waals surface area contributed by atoms with Gasteiger partial charge in [-0.15, -0.1) is 0 Å². The molecule has 18 heavy (non-hydrogen) atoms. The second kappa shape index (κ2) is 3.54. The molecule has 0 aromatic rings. The highest BCUT2D eigenvalue weighted by molar-refractivity contribution is 6.21. The molecule has 3 rings (SSSR count). The van der Waals surface area contributed by atoms with E-state index in [4.69, 9.17) is 4.74 Å². The van der Waals surface area contributed by atoms with Crippen LogP contribution in [-0.4, -0.2) is 41.5 Å². The predicted octanol–water partition coefficient (Wildman–Crippen LogP) is 0.414. The summed E-state index contributed by atoms with van der Waals surface area (Å²) in [5.74, 6) is -0.745. The Hall–Kier alpha value is -1.43. The molecule has 2 aliphatic heterocycles. The smallest absolute Gasteiger partial charge is 0.331 e. The Bertz CT molecular complexity index is 435. The predicted molar refractivity (Wildman–Crippen MR) is 60.5 cm³/mol. The zero-order valence-corrected chi connectivity index (χ0v) is 10.3. The molecule has 1 saturated carbocycles. The van der Waals surface area contributed by atoms with Crippen LogP contribution in [0, 0.1) is 5.41 Å².